The lowest BCUT2D eigenvalue weighted by atomic mass is 10.1. The van der Waals surface area contributed by atoms with Crippen molar-refractivity contribution in [2.75, 3.05) is 24.2 Å². The summed E-state index contributed by atoms with van der Waals surface area (Å²) in [6, 6.07) is 5.86. The number of halogens is 3. The third kappa shape index (κ3) is 6.03. The van der Waals surface area contributed by atoms with Crippen LogP contribution in [0.15, 0.2) is 42.9 Å². The highest BCUT2D eigenvalue weighted by molar-refractivity contribution is 6.00. The molecule has 13 heteroatoms. The SMILES string of the molecule is CCC(=O)CNC(=O)c1c(NC)ncn1[C@@H](C)C(=O)Nc1cccc(-c2ccc(C(F)(F)F)nc2)n1. The summed E-state index contributed by atoms with van der Waals surface area (Å²) in [4.78, 5) is 49.1. The molecule has 3 aromatic rings. The number of hydrogen-bond acceptors (Lipinski definition) is 7. The number of anilines is 2. The van der Waals surface area contributed by atoms with E-state index in [1.165, 1.54) is 23.0 Å². The molecule has 10 nitrogen and oxygen atoms in total. The van der Waals surface area contributed by atoms with Gasteiger partial charge < -0.3 is 20.5 Å². The Morgan fingerprint density at radius 3 is 2.47 bits per heavy atom. The van der Waals surface area contributed by atoms with Crippen LogP contribution in [-0.4, -0.2) is 50.7 Å². The van der Waals surface area contributed by atoms with Gasteiger partial charge in [-0.15, -0.1) is 0 Å². The van der Waals surface area contributed by atoms with Crippen LogP contribution in [0.4, 0.5) is 24.8 Å². The van der Waals surface area contributed by atoms with Crippen LogP contribution >= 0.6 is 0 Å². The summed E-state index contributed by atoms with van der Waals surface area (Å²) in [7, 11) is 1.57. The topological polar surface area (TPSA) is 131 Å². The summed E-state index contributed by atoms with van der Waals surface area (Å²) in [6.07, 6.45) is -1.91. The minimum Gasteiger partial charge on any atom is -0.371 e. The van der Waals surface area contributed by atoms with Gasteiger partial charge in [0.05, 0.1) is 18.6 Å². The van der Waals surface area contributed by atoms with Crippen LogP contribution in [0.25, 0.3) is 11.3 Å². The van der Waals surface area contributed by atoms with Crippen LogP contribution in [0.3, 0.4) is 0 Å². The molecule has 0 saturated carbocycles. The minimum atomic E-state index is -4.56. The monoisotopic (exact) mass is 503 g/mol. The molecule has 0 aliphatic carbocycles. The fraction of sp³-hybridized carbons (Fsp3) is 0.304. The normalized spacial score (nSPS) is 12.1. The van der Waals surface area contributed by atoms with Crippen LogP contribution in [0.5, 0.6) is 0 Å². The first-order valence-electron chi connectivity index (χ1n) is 10.9. The van der Waals surface area contributed by atoms with Gasteiger partial charge in [0.25, 0.3) is 5.91 Å². The number of alkyl halides is 3. The van der Waals surface area contributed by atoms with Crippen molar-refractivity contribution in [2.45, 2.75) is 32.5 Å². The molecule has 0 aliphatic heterocycles. The van der Waals surface area contributed by atoms with Gasteiger partial charge >= 0.3 is 6.18 Å². The van der Waals surface area contributed by atoms with E-state index >= 15 is 0 Å². The number of nitrogens with zero attached hydrogens (tertiary/aromatic N) is 4. The van der Waals surface area contributed by atoms with Crippen molar-refractivity contribution in [1.29, 1.82) is 0 Å². The van der Waals surface area contributed by atoms with Gasteiger partial charge in [-0.2, -0.15) is 13.2 Å². The quantitative estimate of drug-likeness (QED) is 0.408. The molecule has 1 atom stereocenters. The van der Waals surface area contributed by atoms with E-state index in [1.54, 1.807) is 33.0 Å². The second kappa shape index (κ2) is 11.0. The van der Waals surface area contributed by atoms with Gasteiger partial charge in [0.15, 0.2) is 17.3 Å². The highest BCUT2D eigenvalue weighted by Crippen LogP contribution is 2.29. The molecule has 3 N–H and O–H groups in total. The Bertz CT molecular complexity index is 1260. The number of aromatic nitrogens is 4. The highest BCUT2D eigenvalue weighted by atomic mass is 19.4. The molecule has 0 unspecified atom stereocenters. The van der Waals surface area contributed by atoms with E-state index < -0.39 is 29.7 Å². The Morgan fingerprint density at radius 2 is 1.86 bits per heavy atom. The first-order chi connectivity index (χ1) is 17.0. The molecule has 0 spiro atoms. The van der Waals surface area contributed by atoms with Crippen LogP contribution < -0.4 is 16.0 Å². The first-order valence-corrected chi connectivity index (χ1v) is 10.9. The lowest BCUT2D eigenvalue weighted by Crippen LogP contribution is -2.33. The van der Waals surface area contributed by atoms with E-state index in [0.717, 1.165) is 12.3 Å². The zero-order valence-electron chi connectivity index (χ0n) is 19.7. The number of carbonyl (C=O) groups is 3. The predicted molar refractivity (Wildman–Crippen MR) is 125 cm³/mol. The molecule has 3 heterocycles. The Morgan fingerprint density at radius 1 is 1.11 bits per heavy atom. The van der Waals surface area contributed by atoms with Crippen molar-refractivity contribution in [3.63, 3.8) is 0 Å². The fourth-order valence-corrected chi connectivity index (χ4v) is 3.19. The zero-order chi connectivity index (χ0) is 26.5. The lowest BCUT2D eigenvalue weighted by Gasteiger charge is -2.17. The van der Waals surface area contributed by atoms with Crippen LogP contribution in [0, 0.1) is 0 Å². The Balaban J connectivity index is 1.78. The van der Waals surface area contributed by atoms with Gasteiger partial charge in [-0.3, -0.25) is 19.4 Å². The third-order valence-electron chi connectivity index (χ3n) is 5.23. The predicted octanol–water partition coefficient (Wildman–Crippen LogP) is 3.31. The third-order valence-corrected chi connectivity index (χ3v) is 5.23. The fourth-order valence-electron chi connectivity index (χ4n) is 3.19. The molecule has 36 heavy (non-hydrogen) atoms. The number of hydrogen-bond donors (Lipinski definition) is 3. The molecule has 0 radical (unpaired) electrons. The average molecular weight is 503 g/mol. The summed E-state index contributed by atoms with van der Waals surface area (Å²) in [5.41, 5.74) is -0.310. The van der Waals surface area contributed by atoms with E-state index in [0.29, 0.717) is 11.3 Å². The number of nitrogens with one attached hydrogen (secondary N) is 3. The number of imidazole rings is 1. The van der Waals surface area contributed by atoms with Crippen molar-refractivity contribution in [1.82, 2.24) is 24.8 Å². The molecular formula is C23H24F3N7O3. The van der Waals surface area contributed by atoms with Crippen molar-refractivity contribution in [2.24, 2.45) is 0 Å². The Hall–Kier alpha value is -4.29. The van der Waals surface area contributed by atoms with Gasteiger partial charge in [-0.1, -0.05) is 13.0 Å². The maximum Gasteiger partial charge on any atom is 0.433 e. The van der Waals surface area contributed by atoms with E-state index in [-0.39, 0.29) is 36.1 Å². The zero-order valence-corrected chi connectivity index (χ0v) is 19.7. The van der Waals surface area contributed by atoms with Crippen LogP contribution in [-0.2, 0) is 15.8 Å². The number of rotatable bonds is 9. The summed E-state index contributed by atoms with van der Waals surface area (Å²) in [5.74, 6) is -0.874. The van der Waals surface area contributed by atoms with E-state index in [2.05, 4.69) is 30.9 Å². The summed E-state index contributed by atoms with van der Waals surface area (Å²) < 4.78 is 39.7. The number of amides is 2. The van der Waals surface area contributed by atoms with Gasteiger partial charge in [0.1, 0.15) is 17.6 Å². The van der Waals surface area contributed by atoms with E-state index in [9.17, 15) is 27.6 Å². The Kier molecular flexibility index (Phi) is 8.02. The van der Waals surface area contributed by atoms with Gasteiger partial charge in [0.2, 0.25) is 5.91 Å². The number of Topliss-reactive ketones (excluding diaryl/α,β-unsaturated/α-hetero) is 1. The molecule has 0 aromatic carbocycles. The van der Waals surface area contributed by atoms with Gasteiger partial charge in [-0.05, 0) is 31.2 Å². The van der Waals surface area contributed by atoms with Crippen LogP contribution in [0.1, 0.15) is 42.5 Å². The maximum atomic E-state index is 13.0. The summed E-state index contributed by atoms with van der Waals surface area (Å²) >= 11 is 0. The van der Waals surface area contributed by atoms with Crippen molar-refractivity contribution in [3.05, 3.63) is 54.2 Å². The van der Waals surface area contributed by atoms with Crippen LogP contribution in [0.2, 0.25) is 0 Å². The largest absolute Gasteiger partial charge is 0.433 e. The van der Waals surface area contributed by atoms with E-state index in [1.807, 2.05) is 0 Å². The van der Waals surface area contributed by atoms with Crippen molar-refractivity contribution >= 4 is 29.2 Å². The first kappa shape index (κ1) is 26.3. The minimum absolute atomic E-state index is 0.0709. The molecular weight excluding hydrogens is 479 g/mol. The van der Waals surface area contributed by atoms with E-state index in [4.69, 9.17) is 0 Å². The molecule has 0 saturated heterocycles. The molecule has 0 fully saturated rings. The second-order valence-electron chi connectivity index (χ2n) is 7.68. The number of pyridine rings is 2. The number of ketones is 1. The summed E-state index contributed by atoms with van der Waals surface area (Å²) in [6.45, 7) is 3.08. The molecule has 3 rings (SSSR count). The van der Waals surface area contributed by atoms with Crippen molar-refractivity contribution < 1.29 is 27.6 Å². The molecule has 190 valence electrons. The summed E-state index contributed by atoms with van der Waals surface area (Å²) in [5, 5.41) is 7.94. The molecule has 0 aliphatic rings. The van der Waals surface area contributed by atoms with Gasteiger partial charge in [0, 0.05) is 25.2 Å². The lowest BCUT2D eigenvalue weighted by molar-refractivity contribution is -0.141. The van der Waals surface area contributed by atoms with Crippen molar-refractivity contribution in [3.8, 4) is 11.3 Å². The maximum absolute atomic E-state index is 13.0. The smallest absolute Gasteiger partial charge is 0.371 e. The second-order valence-corrected chi connectivity index (χ2v) is 7.68. The average Bonchev–Trinajstić information content (AvgIpc) is 3.30. The number of carbonyl (C=O) groups excluding carboxylic acids is 3. The Labute approximate surface area is 204 Å². The standard InChI is InChI=1S/C23H24F3N7O3/c1-4-15(34)11-29-22(36)19-20(27-3)30-12-33(19)13(2)21(35)32-18-7-5-6-16(31-18)14-8-9-17(28-10-14)23(24,25)26/h5-10,12-13,27H,4,11H2,1-3H3,(H,29,36)(H,31,32,35)/t13-/m0/s1. The molecule has 0 bridgehead atoms. The molecule has 2 amide bonds. The molecule has 3 aromatic heterocycles. The highest BCUT2D eigenvalue weighted by Gasteiger charge is 2.32. The van der Waals surface area contributed by atoms with Gasteiger partial charge in [-0.25, -0.2) is 9.97 Å².